The van der Waals surface area contributed by atoms with Gasteiger partial charge >= 0.3 is 0 Å². The highest BCUT2D eigenvalue weighted by molar-refractivity contribution is 5.80. The molecule has 1 aromatic heterocycles. The smallest absolute Gasteiger partial charge is 0.225 e. The molecule has 1 saturated carbocycles. The highest BCUT2D eigenvalue weighted by Gasteiger charge is 2.35. The molecule has 1 aliphatic carbocycles. The van der Waals surface area contributed by atoms with E-state index in [0.717, 1.165) is 54.3 Å². The van der Waals surface area contributed by atoms with Gasteiger partial charge in [0, 0.05) is 43.8 Å². The first kappa shape index (κ1) is 23.4. The van der Waals surface area contributed by atoms with Gasteiger partial charge in [0.25, 0.3) is 0 Å². The second-order valence-corrected chi connectivity index (χ2v) is 9.40. The molecule has 2 aromatic rings. The van der Waals surface area contributed by atoms with Crippen LogP contribution >= 0.6 is 0 Å². The number of carbonyl (C=O) groups is 1. The van der Waals surface area contributed by atoms with Crippen LogP contribution in [-0.2, 0) is 9.53 Å². The van der Waals surface area contributed by atoms with Crippen molar-refractivity contribution in [1.29, 1.82) is 0 Å². The third-order valence-corrected chi connectivity index (χ3v) is 6.75. The summed E-state index contributed by atoms with van der Waals surface area (Å²) in [6, 6.07) is 10.2. The molecule has 1 aromatic carbocycles. The Balaban J connectivity index is 1.64. The van der Waals surface area contributed by atoms with E-state index >= 15 is 0 Å². The molecule has 2 aliphatic rings. The number of nitrogens with zero attached hydrogens (tertiary/aromatic N) is 3. The monoisotopic (exact) mass is 452 g/mol. The highest BCUT2D eigenvalue weighted by Crippen LogP contribution is 2.47. The molecule has 4 rings (SSSR count). The molecule has 1 aliphatic heterocycles. The zero-order chi connectivity index (χ0) is 23.5. The maximum atomic E-state index is 12.8. The van der Waals surface area contributed by atoms with Crippen LogP contribution in [0.1, 0.15) is 44.7 Å². The number of rotatable bonds is 8. The van der Waals surface area contributed by atoms with Gasteiger partial charge in [0.05, 0.1) is 37.6 Å². The Morgan fingerprint density at radius 3 is 2.61 bits per heavy atom. The molecule has 7 nitrogen and oxygen atoms in total. The topological polar surface area (TPSA) is 80.9 Å². The number of piperazine rings is 1. The first-order valence-electron chi connectivity index (χ1n) is 11.9. The molecule has 1 atom stereocenters. The number of ether oxygens (including phenoxy) is 2. The van der Waals surface area contributed by atoms with Gasteiger partial charge in [-0.3, -0.25) is 4.79 Å². The lowest BCUT2D eigenvalue weighted by Crippen LogP contribution is -2.57. The van der Waals surface area contributed by atoms with Crippen LogP contribution in [0.5, 0.6) is 5.75 Å². The molecule has 2 N–H and O–H groups in total. The van der Waals surface area contributed by atoms with Crippen molar-refractivity contribution in [2.75, 3.05) is 51.1 Å². The number of methoxy groups -OCH3 is 2. The lowest BCUT2D eigenvalue weighted by molar-refractivity contribution is -0.135. The van der Waals surface area contributed by atoms with Crippen LogP contribution in [0.3, 0.4) is 0 Å². The third kappa shape index (κ3) is 4.93. The van der Waals surface area contributed by atoms with Crippen molar-refractivity contribution in [3.63, 3.8) is 0 Å². The maximum absolute atomic E-state index is 12.8. The third-order valence-electron chi connectivity index (χ3n) is 6.75. The summed E-state index contributed by atoms with van der Waals surface area (Å²) in [5.41, 5.74) is 10.5. The Bertz CT molecular complexity index is 989. The summed E-state index contributed by atoms with van der Waals surface area (Å²) in [4.78, 5) is 22.2. The van der Waals surface area contributed by atoms with Crippen LogP contribution in [0.25, 0.3) is 11.1 Å². The number of aromatic nitrogens is 1. The Kier molecular flexibility index (Phi) is 7.08. The molecule has 0 radical (unpaired) electrons. The highest BCUT2D eigenvalue weighted by atomic mass is 16.5. The minimum atomic E-state index is 0.113. The normalized spacial score (nSPS) is 18.6. The van der Waals surface area contributed by atoms with Crippen molar-refractivity contribution in [2.24, 2.45) is 5.92 Å². The van der Waals surface area contributed by atoms with E-state index in [1.807, 2.05) is 23.1 Å². The molecule has 2 fully saturated rings. The average molecular weight is 453 g/mol. The molecule has 0 spiro atoms. The fourth-order valence-corrected chi connectivity index (χ4v) is 4.75. The summed E-state index contributed by atoms with van der Waals surface area (Å²) in [7, 11) is 3.33. The zero-order valence-electron chi connectivity index (χ0n) is 20.2. The maximum Gasteiger partial charge on any atom is 0.225 e. The lowest BCUT2D eigenvalue weighted by atomic mass is 9.97. The van der Waals surface area contributed by atoms with E-state index in [4.69, 9.17) is 20.2 Å². The van der Waals surface area contributed by atoms with Crippen molar-refractivity contribution in [3.8, 4) is 16.9 Å². The molecule has 1 saturated heterocycles. The van der Waals surface area contributed by atoms with Crippen LogP contribution in [-0.4, -0.2) is 62.3 Å². The summed E-state index contributed by atoms with van der Waals surface area (Å²) >= 11 is 0. The SMILES string of the molecule is COCCC(=O)N1CCN(c2nc(C3CC3)c(-c3ccccc3OC)cc2N)C[C@H]1C(C)C. The fourth-order valence-electron chi connectivity index (χ4n) is 4.75. The largest absolute Gasteiger partial charge is 0.496 e. The van der Waals surface area contributed by atoms with E-state index in [-0.39, 0.29) is 11.9 Å². The minimum Gasteiger partial charge on any atom is -0.496 e. The van der Waals surface area contributed by atoms with Crippen molar-refractivity contribution >= 4 is 17.4 Å². The first-order valence-corrected chi connectivity index (χ1v) is 11.9. The Hall–Kier alpha value is -2.80. The second-order valence-electron chi connectivity index (χ2n) is 9.40. The molecular weight excluding hydrogens is 416 g/mol. The number of para-hydroxylation sites is 1. The quantitative estimate of drug-likeness (QED) is 0.654. The van der Waals surface area contributed by atoms with Crippen LogP contribution in [0.4, 0.5) is 11.5 Å². The summed E-state index contributed by atoms with van der Waals surface area (Å²) < 4.78 is 10.7. The standard InChI is InChI=1S/C26H36N4O3/c1-17(2)22-16-29(12-13-30(22)24(31)11-14-32-3)26-21(27)15-20(25(28-26)18-9-10-18)19-7-5-6-8-23(19)33-4/h5-8,15,17-18,22H,9-14,16,27H2,1-4H3/t22-/m0/s1. The number of carbonyl (C=O) groups excluding carboxylic acids is 1. The average Bonchev–Trinajstić information content (AvgIpc) is 3.67. The van der Waals surface area contributed by atoms with E-state index in [1.54, 1.807) is 14.2 Å². The number of pyridine rings is 1. The number of anilines is 2. The molecule has 0 bridgehead atoms. The van der Waals surface area contributed by atoms with Crippen molar-refractivity contribution in [3.05, 3.63) is 36.0 Å². The number of amides is 1. The van der Waals surface area contributed by atoms with Crippen LogP contribution in [0.15, 0.2) is 30.3 Å². The van der Waals surface area contributed by atoms with Gasteiger partial charge in [-0.05, 0) is 30.9 Å². The van der Waals surface area contributed by atoms with Gasteiger partial charge in [0.15, 0.2) is 5.82 Å². The van der Waals surface area contributed by atoms with Crippen molar-refractivity contribution < 1.29 is 14.3 Å². The van der Waals surface area contributed by atoms with Gasteiger partial charge in [0.2, 0.25) is 5.91 Å². The Morgan fingerprint density at radius 2 is 1.94 bits per heavy atom. The van der Waals surface area contributed by atoms with Crippen LogP contribution < -0.4 is 15.4 Å². The molecule has 33 heavy (non-hydrogen) atoms. The summed E-state index contributed by atoms with van der Waals surface area (Å²) in [5, 5.41) is 0. The number of hydrogen-bond donors (Lipinski definition) is 1. The van der Waals surface area contributed by atoms with E-state index < -0.39 is 0 Å². The van der Waals surface area contributed by atoms with Gasteiger partial charge in [-0.1, -0.05) is 32.0 Å². The van der Waals surface area contributed by atoms with Gasteiger partial charge in [-0.25, -0.2) is 4.98 Å². The predicted molar refractivity (Wildman–Crippen MR) is 132 cm³/mol. The van der Waals surface area contributed by atoms with E-state index in [2.05, 4.69) is 30.9 Å². The zero-order valence-corrected chi connectivity index (χ0v) is 20.2. The number of benzene rings is 1. The molecule has 7 heteroatoms. The minimum absolute atomic E-state index is 0.113. The fraction of sp³-hybridized carbons (Fsp3) is 0.538. The number of nitrogen functional groups attached to an aromatic ring is 1. The van der Waals surface area contributed by atoms with Crippen molar-refractivity contribution in [2.45, 2.75) is 45.1 Å². The lowest BCUT2D eigenvalue weighted by Gasteiger charge is -2.44. The molecule has 0 unspecified atom stereocenters. The van der Waals surface area contributed by atoms with E-state index in [9.17, 15) is 4.79 Å². The van der Waals surface area contributed by atoms with E-state index in [0.29, 0.717) is 37.1 Å². The summed E-state index contributed by atoms with van der Waals surface area (Å²) in [5.74, 6) is 2.61. The van der Waals surface area contributed by atoms with Crippen LogP contribution in [0, 0.1) is 5.92 Å². The van der Waals surface area contributed by atoms with E-state index in [1.165, 1.54) is 0 Å². The van der Waals surface area contributed by atoms with Crippen LogP contribution in [0.2, 0.25) is 0 Å². The molecule has 1 amide bonds. The number of nitrogens with two attached hydrogens (primary N) is 1. The molecule has 2 heterocycles. The Morgan fingerprint density at radius 1 is 1.18 bits per heavy atom. The van der Waals surface area contributed by atoms with Gasteiger partial charge in [-0.15, -0.1) is 0 Å². The van der Waals surface area contributed by atoms with Gasteiger partial charge in [-0.2, -0.15) is 0 Å². The van der Waals surface area contributed by atoms with Gasteiger partial charge < -0.3 is 25.0 Å². The summed E-state index contributed by atoms with van der Waals surface area (Å²) in [6.45, 7) is 6.90. The first-order chi connectivity index (χ1) is 15.9. The molecule has 178 valence electrons. The molecular formula is C26H36N4O3. The summed E-state index contributed by atoms with van der Waals surface area (Å²) in [6.07, 6.45) is 2.71. The second kappa shape index (κ2) is 10.00. The Labute approximate surface area is 196 Å². The van der Waals surface area contributed by atoms with Crippen molar-refractivity contribution in [1.82, 2.24) is 9.88 Å². The van der Waals surface area contributed by atoms with Gasteiger partial charge in [0.1, 0.15) is 5.75 Å². The number of hydrogen-bond acceptors (Lipinski definition) is 6. The predicted octanol–water partition coefficient (Wildman–Crippen LogP) is 3.93.